The minimum atomic E-state index is -0.953. The van der Waals surface area contributed by atoms with Gasteiger partial charge in [0.15, 0.2) is 0 Å². The highest BCUT2D eigenvalue weighted by atomic mass is 35.5. The van der Waals surface area contributed by atoms with Gasteiger partial charge in [0.05, 0.1) is 25.3 Å². The first-order valence-electron chi connectivity index (χ1n) is 7.78. The van der Waals surface area contributed by atoms with Gasteiger partial charge in [-0.15, -0.1) is 0 Å². The second-order valence-corrected chi connectivity index (χ2v) is 5.68. The van der Waals surface area contributed by atoms with Crippen molar-refractivity contribution in [3.8, 4) is 17.3 Å². The molecule has 7 nitrogen and oxygen atoms in total. The zero-order chi connectivity index (χ0) is 19.1. The number of halogens is 1. The number of aliphatic carboxylic acids is 1. The monoisotopic (exact) mass is 373 g/mol. The molecule has 0 aliphatic carbocycles. The third-order valence-corrected chi connectivity index (χ3v) is 3.59. The number of benzene rings is 1. The Labute approximate surface area is 155 Å². The second-order valence-electron chi connectivity index (χ2n) is 5.24. The Morgan fingerprint density at radius 2 is 2.23 bits per heavy atom. The zero-order valence-corrected chi connectivity index (χ0v) is 14.7. The minimum absolute atomic E-state index is 0.108. The number of carboxylic acids is 1. The summed E-state index contributed by atoms with van der Waals surface area (Å²) in [6.45, 7) is 1.95. The number of aromatic nitrogens is 2. The number of esters is 1. The van der Waals surface area contributed by atoms with Crippen LogP contribution < -0.4 is 0 Å². The summed E-state index contributed by atoms with van der Waals surface area (Å²) >= 11 is 6.03. The number of carbonyl (C=O) groups is 2. The standard InChI is InChI=1S/C18H16ClN3O4/c1-2-26-18(25)13(10-20)8-14-11-22(7-6-16(23)24)21-17(14)12-4-3-5-15(19)9-12/h3-5,8-9,11H,2,6-7H2,1H3,(H,23,24)/b13-8+. The van der Waals surface area contributed by atoms with Crippen molar-refractivity contribution in [2.45, 2.75) is 19.9 Å². The number of ether oxygens (including phenoxy) is 1. The summed E-state index contributed by atoms with van der Waals surface area (Å²) in [6.07, 6.45) is 2.84. The summed E-state index contributed by atoms with van der Waals surface area (Å²) in [6, 6.07) is 8.75. The molecule has 134 valence electrons. The van der Waals surface area contributed by atoms with Crippen LogP contribution in [0.3, 0.4) is 0 Å². The van der Waals surface area contributed by atoms with E-state index in [-0.39, 0.29) is 25.1 Å². The van der Waals surface area contributed by atoms with Crippen molar-refractivity contribution >= 4 is 29.6 Å². The molecule has 0 saturated heterocycles. The molecule has 2 rings (SSSR count). The molecule has 0 bridgehead atoms. The van der Waals surface area contributed by atoms with Gasteiger partial charge in [0.2, 0.25) is 0 Å². The smallest absolute Gasteiger partial charge is 0.348 e. The van der Waals surface area contributed by atoms with Crippen LogP contribution in [0.4, 0.5) is 0 Å². The van der Waals surface area contributed by atoms with Gasteiger partial charge in [0.1, 0.15) is 11.6 Å². The quantitative estimate of drug-likeness (QED) is 0.454. The van der Waals surface area contributed by atoms with E-state index in [1.54, 1.807) is 37.4 Å². The van der Waals surface area contributed by atoms with Gasteiger partial charge in [-0.1, -0.05) is 23.7 Å². The number of nitrogens with zero attached hydrogens (tertiary/aromatic N) is 3. The average Bonchev–Trinajstić information content (AvgIpc) is 3.01. The van der Waals surface area contributed by atoms with Crippen LogP contribution in [-0.2, 0) is 20.9 Å². The average molecular weight is 374 g/mol. The molecule has 0 aliphatic rings. The molecule has 1 aromatic carbocycles. The number of carboxylic acid groups (broad SMARTS) is 1. The Morgan fingerprint density at radius 1 is 1.46 bits per heavy atom. The fraction of sp³-hybridized carbons (Fsp3) is 0.222. The lowest BCUT2D eigenvalue weighted by molar-refractivity contribution is -0.138. The van der Waals surface area contributed by atoms with E-state index in [9.17, 15) is 14.9 Å². The molecule has 0 saturated carbocycles. The first kappa shape index (κ1) is 19.2. The Bertz CT molecular complexity index is 896. The van der Waals surface area contributed by atoms with Crippen molar-refractivity contribution in [2.75, 3.05) is 6.61 Å². The van der Waals surface area contributed by atoms with Crippen molar-refractivity contribution in [1.82, 2.24) is 9.78 Å². The normalized spacial score (nSPS) is 11.0. The fourth-order valence-electron chi connectivity index (χ4n) is 2.23. The summed E-state index contributed by atoms with van der Waals surface area (Å²) in [7, 11) is 0. The largest absolute Gasteiger partial charge is 0.481 e. The first-order chi connectivity index (χ1) is 12.4. The molecule has 0 atom stereocenters. The summed E-state index contributed by atoms with van der Waals surface area (Å²) < 4.78 is 6.32. The van der Waals surface area contributed by atoms with Crippen molar-refractivity contribution < 1.29 is 19.4 Å². The number of aryl methyl sites for hydroxylation is 1. The maximum atomic E-state index is 11.9. The summed E-state index contributed by atoms with van der Waals surface area (Å²) in [5.74, 6) is -1.68. The first-order valence-corrected chi connectivity index (χ1v) is 8.16. The van der Waals surface area contributed by atoms with Crippen LogP contribution in [0, 0.1) is 11.3 Å². The molecule has 0 radical (unpaired) electrons. The number of carbonyl (C=O) groups excluding carboxylic acids is 1. The van der Waals surface area contributed by atoms with E-state index in [1.807, 2.05) is 6.07 Å². The molecule has 0 spiro atoms. The van der Waals surface area contributed by atoms with Crippen LogP contribution in [-0.4, -0.2) is 33.4 Å². The topological polar surface area (TPSA) is 105 Å². The Morgan fingerprint density at radius 3 is 2.85 bits per heavy atom. The molecule has 1 N–H and O–H groups in total. The zero-order valence-electron chi connectivity index (χ0n) is 14.0. The highest BCUT2D eigenvalue weighted by molar-refractivity contribution is 6.30. The van der Waals surface area contributed by atoms with E-state index in [0.717, 1.165) is 0 Å². The molecule has 2 aromatic rings. The number of rotatable bonds is 7. The lowest BCUT2D eigenvalue weighted by Gasteiger charge is -2.01. The van der Waals surface area contributed by atoms with Crippen molar-refractivity contribution in [2.24, 2.45) is 0 Å². The Hall–Kier alpha value is -3.11. The predicted octanol–water partition coefficient (Wildman–Crippen LogP) is 3.15. The SMILES string of the molecule is CCOC(=O)/C(C#N)=C/c1cn(CCC(=O)O)nc1-c1cccc(Cl)c1. The van der Waals surface area contributed by atoms with Crippen LogP contribution in [0.5, 0.6) is 0 Å². The van der Waals surface area contributed by atoms with Crippen molar-refractivity contribution in [3.63, 3.8) is 0 Å². The molecule has 0 amide bonds. The van der Waals surface area contributed by atoms with Gasteiger partial charge >= 0.3 is 11.9 Å². The maximum Gasteiger partial charge on any atom is 0.348 e. The van der Waals surface area contributed by atoms with Crippen LogP contribution in [0.1, 0.15) is 18.9 Å². The molecule has 1 heterocycles. The van der Waals surface area contributed by atoms with Gasteiger partial charge in [-0.25, -0.2) is 4.79 Å². The fourth-order valence-corrected chi connectivity index (χ4v) is 2.42. The molecule has 0 aliphatic heterocycles. The van der Waals surface area contributed by atoms with E-state index in [1.165, 1.54) is 10.8 Å². The van der Waals surface area contributed by atoms with Gasteiger partial charge in [-0.3, -0.25) is 9.48 Å². The van der Waals surface area contributed by atoms with Gasteiger partial charge in [-0.2, -0.15) is 10.4 Å². The van der Waals surface area contributed by atoms with Crippen LogP contribution >= 0.6 is 11.6 Å². The van der Waals surface area contributed by atoms with Gasteiger partial charge in [0, 0.05) is 22.3 Å². The lowest BCUT2D eigenvalue weighted by Crippen LogP contribution is -2.06. The van der Waals surface area contributed by atoms with E-state index in [4.69, 9.17) is 21.4 Å². The van der Waals surface area contributed by atoms with E-state index >= 15 is 0 Å². The van der Waals surface area contributed by atoms with Crippen molar-refractivity contribution in [3.05, 3.63) is 46.6 Å². The van der Waals surface area contributed by atoms with Gasteiger partial charge < -0.3 is 9.84 Å². The summed E-state index contributed by atoms with van der Waals surface area (Å²) in [5, 5.41) is 23.0. The second kappa shape index (κ2) is 8.83. The molecular formula is C18H16ClN3O4. The number of nitriles is 1. The molecular weight excluding hydrogens is 358 g/mol. The highest BCUT2D eigenvalue weighted by Crippen LogP contribution is 2.26. The molecule has 0 fully saturated rings. The van der Waals surface area contributed by atoms with Crippen LogP contribution in [0.25, 0.3) is 17.3 Å². The van der Waals surface area contributed by atoms with Gasteiger partial charge in [-0.05, 0) is 25.1 Å². The molecule has 0 unspecified atom stereocenters. The number of hydrogen-bond acceptors (Lipinski definition) is 5. The van der Waals surface area contributed by atoms with Crippen LogP contribution in [0.15, 0.2) is 36.0 Å². The van der Waals surface area contributed by atoms with E-state index in [0.29, 0.717) is 21.8 Å². The van der Waals surface area contributed by atoms with E-state index in [2.05, 4.69) is 5.10 Å². The summed E-state index contributed by atoms with van der Waals surface area (Å²) in [5.41, 5.74) is 1.48. The summed E-state index contributed by atoms with van der Waals surface area (Å²) in [4.78, 5) is 22.7. The van der Waals surface area contributed by atoms with Crippen LogP contribution in [0.2, 0.25) is 5.02 Å². The third-order valence-electron chi connectivity index (χ3n) is 3.36. The lowest BCUT2D eigenvalue weighted by atomic mass is 10.1. The Balaban J connectivity index is 2.50. The maximum absolute atomic E-state index is 11.9. The van der Waals surface area contributed by atoms with Gasteiger partial charge in [0.25, 0.3) is 0 Å². The highest BCUT2D eigenvalue weighted by Gasteiger charge is 2.15. The third kappa shape index (κ3) is 4.94. The molecule has 26 heavy (non-hydrogen) atoms. The van der Waals surface area contributed by atoms with E-state index < -0.39 is 11.9 Å². The minimum Gasteiger partial charge on any atom is -0.481 e. The molecule has 1 aromatic heterocycles. The number of hydrogen-bond donors (Lipinski definition) is 1. The Kier molecular flexibility index (Phi) is 6.53. The molecule has 8 heteroatoms. The van der Waals surface area contributed by atoms with Crippen molar-refractivity contribution in [1.29, 1.82) is 5.26 Å². The predicted molar refractivity (Wildman–Crippen MR) is 95.1 cm³/mol.